The lowest BCUT2D eigenvalue weighted by Crippen LogP contribution is -2.67. The summed E-state index contributed by atoms with van der Waals surface area (Å²) in [6.07, 6.45) is 0. The Balaban J connectivity index is 1.26. The first-order valence-electron chi connectivity index (χ1n) is 14.0. The molecule has 3 fully saturated rings. The second kappa shape index (κ2) is 9.55. The van der Waals surface area contributed by atoms with Crippen molar-refractivity contribution in [3.05, 3.63) is 114 Å². The van der Waals surface area contributed by atoms with E-state index < -0.39 is 35.2 Å². The third-order valence-electron chi connectivity index (χ3n) is 8.89. The van der Waals surface area contributed by atoms with Crippen LogP contribution in [0.2, 0.25) is 0 Å². The van der Waals surface area contributed by atoms with Crippen molar-refractivity contribution in [1.82, 2.24) is 9.80 Å². The van der Waals surface area contributed by atoms with Gasteiger partial charge in [0.15, 0.2) is 0 Å². The van der Waals surface area contributed by atoms with Crippen molar-refractivity contribution in [2.45, 2.75) is 32.0 Å². The molecule has 0 bridgehead atoms. The first kappa shape index (κ1) is 26.0. The van der Waals surface area contributed by atoms with Crippen molar-refractivity contribution in [1.29, 1.82) is 0 Å². The van der Waals surface area contributed by atoms with Crippen LogP contribution in [-0.4, -0.2) is 45.5 Å². The zero-order valence-corrected chi connectivity index (χ0v) is 23.3. The molecule has 4 aromatic rings. The van der Waals surface area contributed by atoms with Gasteiger partial charge in [-0.15, -0.1) is 0 Å². The number of hydrogen-bond acceptors (Lipinski definition) is 5. The Bertz CT molecular complexity index is 1710. The highest BCUT2D eigenvalue weighted by Gasteiger charge is 2.73. The van der Waals surface area contributed by atoms with Gasteiger partial charge in [0.2, 0.25) is 23.6 Å². The fourth-order valence-corrected chi connectivity index (χ4v) is 7.01. The molecule has 4 amide bonds. The van der Waals surface area contributed by atoms with Crippen LogP contribution in [-0.2, 0) is 25.7 Å². The first-order chi connectivity index (χ1) is 20.3. The van der Waals surface area contributed by atoms with Gasteiger partial charge in [-0.2, -0.15) is 0 Å². The van der Waals surface area contributed by atoms with Gasteiger partial charge in [-0.3, -0.25) is 19.2 Å². The Hall–Kier alpha value is -4.98. The van der Waals surface area contributed by atoms with Gasteiger partial charge in [-0.25, -0.2) is 4.90 Å². The number of rotatable bonds is 5. The molecule has 3 aromatic carbocycles. The summed E-state index contributed by atoms with van der Waals surface area (Å²) in [5.74, 6) is -2.59. The number of imide groups is 1. The highest BCUT2D eigenvalue weighted by Crippen LogP contribution is 2.57. The number of piperazine rings is 1. The molecule has 4 atom stereocenters. The second-order valence-corrected chi connectivity index (χ2v) is 11.4. The third kappa shape index (κ3) is 3.75. The first-order valence-corrected chi connectivity index (χ1v) is 14.0. The Morgan fingerprint density at radius 3 is 2.07 bits per heavy atom. The summed E-state index contributed by atoms with van der Waals surface area (Å²) in [4.78, 5) is 60.5. The van der Waals surface area contributed by atoms with Gasteiger partial charge in [-0.1, -0.05) is 72.8 Å². The lowest BCUT2D eigenvalue weighted by molar-refractivity contribution is -0.167. The fourth-order valence-electron chi connectivity index (χ4n) is 7.01. The van der Waals surface area contributed by atoms with Gasteiger partial charge in [0.05, 0.1) is 17.5 Å². The van der Waals surface area contributed by atoms with E-state index in [0.717, 1.165) is 16.7 Å². The second-order valence-electron chi connectivity index (χ2n) is 11.4. The molecular formula is C34H29N3O5. The van der Waals surface area contributed by atoms with Crippen molar-refractivity contribution in [2.75, 3.05) is 11.4 Å². The molecule has 3 saturated heterocycles. The normalized spacial score (nSPS) is 25.3. The molecule has 210 valence electrons. The highest BCUT2D eigenvalue weighted by atomic mass is 16.3. The molecule has 3 aliphatic heterocycles. The monoisotopic (exact) mass is 559 g/mol. The fraction of sp³-hybridized carbons (Fsp3) is 0.235. The molecule has 0 spiro atoms. The molecule has 3 unspecified atom stereocenters. The topological polar surface area (TPSA) is 91.1 Å². The molecule has 0 N–H and O–H groups in total. The summed E-state index contributed by atoms with van der Waals surface area (Å²) in [7, 11) is 0. The van der Waals surface area contributed by atoms with E-state index in [-0.39, 0.29) is 24.9 Å². The zero-order valence-electron chi connectivity index (χ0n) is 23.3. The lowest BCUT2D eigenvalue weighted by Gasteiger charge is -2.46. The average molecular weight is 560 g/mol. The van der Waals surface area contributed by atoms with Gasteiger partial charge in [0, 0.05) is 6.54 Å². The molecule has 3 aliphatic rings. The minimum atomic E-state index is -1.56. The maximum Gasteiger partial charge on any atom is 0.249 e. The van der Waals surface area contributed by atoms with Gasteiger partial charge >= 0.3 is 0 Å². The van der Waals surface area contributed by atoms with Crippen molar-refractivity contribution in [3.8, 4) is 11.1 Å². The van der Waals surface area contributed by atoms with E-state index in [4.69, 9.17) is 4.42 Å². The number of hydrogen-bond donors (Lipinski definition) is 0. The lowest BCUT2D eigenvalue weighted by atomic mass is 9.79. The Morgan fingerprint density at radius 2 is 1.43 bits per heavy atom. The molecule has 8 heteroatoms. The van der Waals surface area contributed by atoms with Crippen molar-refractivity contribution >= 4 is 29.3 Å². The molecule has 0 aliphatic carbocycles. The molecule has 42 heavy (non-hydrogen) atoms. The van der Waals surface area contributed by atoms with Crippen LogP contribution < -0.4 is 4.90 Å². The van der Waals surface area contributed by atoms with E-state index in [1.54, 1.807) is 56.3 Å². The number of carbonyl (C=O) groups is 4. The number of amides is 4. The highest BCUT2D eigenvalue weighted by molar-refractivity contribution is 6.25. The Labute approximate surface area is 243 Å². The number of carbonyl (C=O) groups excluding carboxylic acids is 4. The molecule has 0 radical (unpaired) electrons. The maximum atomic E-state index is 14.4. The number of furan rings is 1. The minimum Gasteiger partial charge on any atom is -0.464 e. The van der Waals surface area contributed by atoms with Crippen LogP contribution in [0, 0.1) is 18.8 Å². The van der Waals surface area contributed by atoms with E-state index in [1.165, 1.54) is 14.7 Å². The van der Waals surface area contributed by atoms with Crippen molar-refractivity contribution < 1.29 is 23.6 Å². The quantitative estimate of drug-likeness (QED) is 0.330. The zero-order chi connectivity index (χ0) is 29.2. The summed E-state index contributed by atoms with van der Waals surface area (Å²) in [5, 5.41) is 0. The van der Waals surface area contributed by atoms with Crippen LogP contribution >= 0.6 is 0 Å². The van der Waals surface area contributed by atoms with Gasteiger partial charge < -0.3 is 14.2 Å². The Morgan fingerprint density at radius 1 is 0.786 bits per heavy atom. The van der Waals surface area contributed by atoms with Crippen LogP contribution in [0.5, 0.6) is 0 Å². The number of nitrogens with zero attached hydrogens (tertiary/aromatic N) is 3. The molecular weight excluding hydrogens is 530 g/mol. The Kier molecular flexibility index (Phi) is 5.90. The van der Waals surface area contributed by atoms with Crippen LogP contribution in [0.15, 0.2) is 101 Å². The number of para-hydroxylation sites is 1. The van der Waals surface area contributed by atoms with E-state index in [0.29, 0.717) is 17.2 Å². The summed E-state index contributed by atoms with van der Waals surface area (Å²) < 4.78 is 5.95. The number of fused-ring (bicyclic) bond motifs is 3. The summed E-state index contributed by atoms with van der Waals surface area (Å²) in [5.41, 5.74) is 1.87. The molecule has 1 aromatic heterocycles. The SMILES string of the molecule is Cc1ccc(C2C3C(=O)N(c4ccccc4)C(=O)C3[C@]3(C)C(=O)N(Cc4ccc(-c5ccccc5)cc4)CC(=O)N23)o1. The molecule has 8 nitrogen and oxygen atoms in total. The van der Waals surface area contributed by atoms with Crippen LogP contribution in [0.1, 0.15) is 30.0 Å². The predicted octanol–water partition coefficient (Wildman–Crippen LogP) is 4.75. The van der Waals surface area contributed by atoms with E-state index >= 15 is 0 Å². The smallest absolute Gasteiger partial charge is 0.249 e. The van der Waals surface area contributed by atoms with Gasteiger partial charge in [-0.05, 0) is 54.8 Å². The third-order valence-corrected chi connectivity index (χ3v) is 8.89. The summed E-state index contributed by atoms with van der Waals surface area (Å²) >= 11 is 0. The molecule has 0 saturated carbocycles. The predicted molar refractivity (Wildman–Crippen MR) is 155 cm³/mol. The molecule has 4 heterocycles. The standard InChI is InChI=1S/C34H29N3O5/c1-21-13-18-26(42-21)30-28-29(32(40)36(31(28)39)25-11-7-4-8-12-25)34(2)33(41)35(20-27(38)37(30)34)19-22-14-16-24(17-15-22)23-9-5-3-6-10-23/h3-18,28-30H,19-20H2,1-2H3/t28?,29?,30?,34-/m1/s1. The number of benzene rings is 3. The number of anilines is 1. The average Bonchev–Trinajstić information content (AvgIpc) is 3.64. The van der Waals surface area contributed by atoms with Crippen LogP contribution in [0.25, 0.3) is 11.1 Å². The summed E-state index contributed by atoms with van der Waals surface area (Å²) in [6.45, 7) is 3.46. The number of aryl methyl sites for hydroxylation is 1. The molecule has 7 rings (SSSR count). The minimum absolute atomic E-state index is 0.157. The van der Waals surface area contributed by atoms with Crippen molar-refractivity contribution in [2.24, 2.45) is 11.8 Å². The van der Waals surface area contributed by atoms with Gasteiger partial charge in [0.1, 0.15) is 29.6 Å². The van der Waals surface area contributed by atoms with E-state index in [2.05, 4.69) is 0 Å². The van der Waals surface area contributed by atoms with Crippen LogP contribution in [0.4, 0.5) is 5.69 Å². The van der Waals surface area contributed by atoms with Crippen molar-refractivity contribution in [3.63, 3.8) is 0 Å². The summed E-state index contributed by atoms with van der Waals surface area (Å²) in [6, 6.07) is 29.2. The van der Waals surface area contributed by atoms with Crippen LogP contribution in [0.3, 0.4) is 0 Å². The van der Waals surface area contributed by atoms with Gasteiger partial charge in [0.25, 0.3) is 0 Å². The maximum absolute atomic E-state index is 14.4. The van der Waals surface area contributed by atoms with E-state index in [9.17, 15) is 19.2 Å². The largest absolute Gasteiger partial charge is 0.464 e. The van der Waals surface area contributed by atoms with E-state index in [1.807, 2.05) is 54.6 Å².